The van der Waals surface area contributed by atoms with Crippen molar-refractivity contribution < 1.29 is 29.0 Å². The van der Waals surface area contributed by atoms with Crippen LogP contribution in [0.5, 0.6) is 0 Å². The van der Waals surface area contributed by atoms with Crippen molar-refractivity contribution in [3.8, 4) is 0 Å². The molecular formula is C10H18N2O6. The SMILES string of the molecule is CCOC(=O)C(C)NC(=O)NC(COC)C(=O)O. The molecule has 2 unspecified atom stereocenters. The molecule has 0 bridgehead atoms. The van der Waals surface area contributed by atoms with E-state index in [1.54, 1.807) is 6.92 Å². The lowest BCUT2D eigenvalue weighted by atomic mass is 10.3. The Bertz CT molecular complexity index is 307. The number of rotatable bonds is 7. The molecular weight excluding hydrogens is 244 g/mol. The molecule has 0 radical (unpaired) electrons. The fourth-order valence-electron chi connectivity index (χ4n) is 1.06. The van der Waals surface area contributed by atoms with Crippen molar-refractivity contribution in [1.82, 2.24) is 10.6 Å². The van der Waals surface area contributed by atoms with Crippen LogP contribution in [0.4, 0.5) is 4.79 Å². The van der Waals surface area contributed by atoms with Crippen LogP contribution in [0.3, 0.4) is 0 Å². The maximum absolute atomic E-state index is 11.4. The Hall–Kier alpha value is -1.83. The number of carbonyl (C=O) groups excluding carboxylic acids is 2. The second-order valence-corrected chi connectivity index (χ2v) is 3.44. The molecule has 0 aromatic rings. The number of ether oxygens (including phenoxy) is 2. The zero-order valence-corrected chi connectivity index (χ0v) is 10.6. The lowest BCUT2D eigenvalue weighted by molar-refractivity contribution is -0.144. The summed E-state index contributed by atoms with van der Waals surface area (Å²) in [7, 11) is 1.32. The van der Waals surface area contributed by atoms with Gasteiger partial charge in [0.15, 0.2) is 6.04 Å². The first-order valence-corrected chi connectivity index (χ1v) is 5.37. The van der Waals surface area contributed by atoms with Crippen LogP contribution < -0.4 is 10.6 Å². The van der Waals surface area contributed by atoms with Crippen LogP contribution in [0.1, 0.15) is 13.8 Å². The van der Waals surface area contributed by atoms with E-state index in [0.717, 1.165) is 0 Å². The summed E-state index contributed by atoms with van der Waals surface area (Å²) in [6.45, 7) is 3.11. The first kappa shape index (κ1) is 16.2. The van der Waals surface area contributed by atoms with Gasteiger partial charge in [-0.2, -0.15) is 0 Å². The summed E-state index contributed by atoms with van der Waals surface area (Å²) in [5.41, 5.74) is 0. The molecule has 0 aliphatic rings. The van der Waals surface area contributed by atoms with Crippen molar-refractivity contribution in [3.63, 3.8) is 0 Å². The molecule has 0 aromatic carbocycles. The Labute approximate surface area is 105 Å². The summed E-state index contributed by atoms with van der Waals surface area (Å²) < 4.78 is 9.32. The van der Waals surface area contributed by atoms with Gasteiger partial charge in [0.05, 0.1) is 13.2 Å². The maximum atomic E-state index is 11.4. The Morgan fingerprint density at radius 2 is 1.89 bits per heavy atom. The summed E-state index contributed by atoms with van der Waals surface area (Å²) in [6, 6.07) is -2.81. The monoisotopic (exact) mass is 262 g/mol. The van der Waals surface area contributed by atoms with Crippen molar-refractivity contribution in [3.05, 3.63) is 0 Å². The largest absolute Gasteiger partial charge is 0.480 e. The van der Waals surface area contributed by atoms with Crippen molar-refractivity contribution in [2.24, 2.45) is 0 Å². The van der Waals surface area contributed by atoms with E-state index in [1.165, 1.54) is 14.0 Å². The minimum Gasteiger partial charge on any atom is -0.480 e. The lowest BCUT2D eigenvalue weighted by Crippen LogP contribution is -2.51. The molecule has 104 valence electrons. The average molecular weight is 262 g/mol. The Morgan fingerprint density at radius 1 is 1.28 bits per heavy atom. The minimum absolute atomic E-state index is 0.170. The number of urea groups is 1. The van der Waals surface area contributed by atoms with Crippen LogP contribution >= 0.6 is 0 Å². The van der Waals surface area contributed by atoms with Crippen LogP contribution in [0.25, 0.3) is 0 Å². The fourth-order valence-corrected chi connectivity index (χ4v) is 1.06. The van der Waals surface area contributed by atoms with E-state index in [0.29, 0.717) is 0 Å². The van der Waals surface area contributed by atoms with E-state index in [1.807, 2.05) is 0 Å². The first-order valence-electron chi connectivity index (χ1n) is 5.37. The van der Waals surface area contributed by atoms with Gasteiger partial charge in [-0.1, -0.05) is 0 Å². The molecule has 0 aliphatic heterocycles. The van der Waals surface area contributed by atoms with Gasteiger partial charge < -0.3 is 25.2 Å². The molecule has 0 spiro atoms. The molecule has 0 saturated carbocycles. The molecule has 0 aromatic heterocycles. The normalized spacial score (nSPS) is 13.3. The van der Waals surface area contributed by atoms with Crippen LogP contribution in [0, 0.1) is 0 Å². The third-order valence-electron chi connectivity index (χ3n) is 1.92. The second kappa shape index (κ2) is 8.29. The van der Waals surface area contributed by atoms with Gasteiger partial charge in [0.25, 0.3) is 0 Å². The molecule has 8 nitrogen and oxygen atoms in total. The van der Waals surface area contributed by atoms with Gasteiger partial charge in [0, 0.05) is 7.11 Å². The predicted molar refractivity (Wildman–Crippen MR) is 61.1 cm³/mol. The number of hydrogen-bond acceptors (Lipinski definition) is 5. The smallest absolute Gasteiger partial charge is 0.328 e. The van der Waals surface area contributed by atoms with E-state index >= 15 is 0 Å². The number of amides is 2. The van der Waals surface area contributed by atoms with E-state index in [4.69, 9.17) is 5.11 Å². The number of hydrogen-bond donors (Lipinski definition) is 3. The quantitative estimate of drug-likeness (QED) is 0.525. The highest BCUT2D eigenvalue weighted by Gasteiger charge is 2.22. The van der Waals surface area contributed by atoms with Gasteiger partial charge >= 0.3 is 18.0 Å². The van der Waals surface area contributed by atoms with Crippen LogP contribution in [0.2, 0.25) is 0 Å². The topological polar surface area (TPSA) is 114 Å². The van der Waals surface area contributed by atoms with E-state index in [2.05, 4.69) is 20.1 Å². The van der Waals surface area contributed by atoms with Crippen molar-refractivity contribution in [2.75, 3.05) is 20.3 Å². The number of carbonyl (C=O) groups is 3. The van der Waals surface area contributed by atoms with Gasteiger partial charge in [-0.15, -0.1) is 0 Å². The number of carboxylic acid groups (broad SMARTS) is 1. The summed E-state index contributed by atoms with van der Waals surface area (Å²) in [5.74, 6) is -1.82. The van der Waals surface area contributed by atoms with Crippen molar-refractivity contribution in [1.29, 1.82) is 0 Å². The van der Waals surface area contributed by atoms with Gasteiger partial charge in [-0.3, -0.25) is 0 Å². The van der Waals surface area contributed by atoms with Crippen LogP contribution in [-0.2, 0) is 19.1 Å². The maximum Gasteiger partial charge on any atom is 0.328 e. The number of nitrogens with one attached hydrogen (secondary N) is 2. The van der Waals surface area contributed by atoms with Gasteiger partial charge in [-0.25, -0.2) is 14.4 Å². The first-order chi connectivity index (χ1) is 8.42. The van der Waals surface area contributed by atoms with Gasteiger partial charge in [0.1, 0.15) is 6.04 Å². The average Bonchev–Trinajstić information content (AvgIpc) is 2.28. The zero-order chi connectivity index (χ0) is 14.1. The van der Waals surface area contributed by atoms with Gasteiger partial charge in [-0.05, 0) is 13.8 Å². The fraction of sp³-hybridized carbons (Fsp3) is 0.700. The minimum atomic E-state index is -1.23. The summed E-state index contributed by atoms with van der Waals surface area (Å²) in [5, 5.41) is 13.2. The van der Waals surface area contributed by atoms with Crippen molar-refractivity contribution in [2.45, 2.75) is 25.9 Å². The highest BCUT2D eigenvalue weighted by Crippen LogP contribution is 1.90. The third kappa shape index (κ3) is 6.04. The van der Waals surface area contributed by atoms with Crippen LogP contribution in [-0.4, -0.2) is 55.5 Å². The zero-order valence-electron chi connectivity index (χ0n) is 10.6. The summed E-state index contributed by atoms with van der Waals surface area (Å²) in [6.07, 6.45) is 0. The number of esters is 1. The number of aliphatic carboxylic acids is 1. The summed E-state index contributed by atoms with van der Waals surface area (Å²) >= 11 is 0. The third-order valence-corrected chi connectivity index (χ3v) is 1.92. The molecule has 3 N–H and O–H groups in total. The van der Waals surface area contributed by atoms with Gasteiger partial charge in [0.2, 0.25) is 0 Å². The number of carboxylic acids is 1. The predicted octanol–water partition coefficient (Wildman–Crippen LogP) is -0.663. The Morgan fingerprint density at radius 3 is 2.33 bits per heavy atom. The Balaban J connectivity index is 4.23. The van der Waals surface area contributed by atoms with Crippen LogP contribution in [0.15, 0.2) is 0 Å². The Kier molecular flexibility index (Phi) is 7.45. The molecule has 2 amide bonds. The molecule has 8 heteroatoms. The van der Waals surface area contributed by atoms with E-state index in [9.17, 15) is 14.4 Å². The summed E-state index contributed by atoms with van der Waals surface area (Å²) in [4.78, 5) is 33.4. The number of methoxy groups -OCH3 is 1. The standard InChI is InChI=1S/C10H18N2O6/c1-4-18-9(15)6(2)11-10(16)12-7(5-17-3)8(13)14/h6-7H,4-5H2,1-3H3,(H,13,14)(H2,11,12,16). The highest BCUT2D eigenvalue weighted by atomic mass is 16.5. The molecule has 0 fully saturated rings. The highest BCUT2D eigenvalue weighted by molar-refractivity contribution is 5.86. The van der Waals surface area contributed by atoms with E-state index < -0.39 is 30.1 Å². The molecule has 2 atom stereocenters. The van der Waals surface area contributed by atoms with Crippen molar-refractivity contribution >= 4 is 18.0 Å². The second-order valence-electron chi connectivity index (χ2n) is 3.44. The molecule has 0 aliphatic carbocycles. The molecule has 0 saturated heterocycles. The molecule has 0 rings (SSSR count). The lowest BCUT2D eigenvalue weighted by Gasteiger charge is -2.17. The van der Waals surface area contributed by atoms with E-state index in [-0.39, 0.29) is 13.2 Å². The molecule has 18 heavy (non-hydrogen) atoms. The molecule has 0 heterocycles.